The lowest BCUT2D eigenvalue weighted by Crippen LogP contribution is -2.40. The highest BCUT2D eigenvalue weighted by Crippen LogP contribution is 2.33. The largest absolute Gasteiger partial charge is 0.493 e. The molecule has 0 heterocycles. The van der Waals surface area contributed by atoms with Gasteiger partial charge in [-0.2, -0.15) is 0 Å². The molecule has 1 unspecified atom stereocenters. The van der Waals surface area contributed by atoms with E-state index in [1.165, 1.54) is 12.1 Å². The Labute approximate surface area is 205 Å². The number of hydrogen-bond acceptors (Lipinski definition) is 5. The summed E-state index contributed by atoms with van der Waals surface area (Å²) in [5.74, 6) is 0.801. The van der Waals surface area contributed by atoms with Crippen LogP contribution >= 0.6 is 0 Å². The Hall–Kier alpha value is -4.07. The highest BCUT2D eigenvalue weighted by molar-refractivity contribution is 6.12. The van der Waals surface area contributed by atoms with E-state index in [1.54, 1.807) is 39.5 Å². The molecule has 0 saturated heterocycles. The van der Waals surface area contributed by atoms with Gasteiger partial charge in [-0.25, -0.2) is 9.18 Å². The summed E-state index contributed by atoms with van der Waals surface area (Å²) < 4.78 is 24.2. The Morgan fingerprint density at radius 3 is 2.09 bits per heavy atom. The first-order valence-electron chi connectivity index (χ1n) is 11.2. The Morgan fingerprint density at radius 2 is 1.54 bits per heavy atom. The maximum absolute atomic E-state index is 13.3. The second kappa shape index (κ2) is 11.4. The van der Waals surface area contributed by atoms with E-state index >= 15 is 0 Å². The third kappa shape index (κ3) is 6.09. The van der Waals surface area contributed by atoms with Crippen LogP contribution in [0.15, 0.2) is 60.7 Å². The van der Waals surface area contributed by atoms with Crippen LogP contribution in [0.5, 0.6) is 11.5 Å². The zero-order chi connectivity index (χ0) is 25.5. The predicted octanol–water partition coefficient (Wildman–Crippen LogP) is 4.89. The maximum atomic E-state index is 13.3. The third-order valence-electron chi connectivity index (χ3n) is 5.77. The summed E-state index contributed by atoms with van der Waals surface area (Å²) in [6, 6.07) is 17.1. The van der Waals surface area contributed by atoms with Crippen LogP contribution in [0.3, 0.4) is 0 Å². The van der Waals surface area contributed by atoms with E-state index < -0.39 is 0 Å². The fourth-order valence-electron chi connectivity index (χ4n) is 3.82. The van der Waals surface area contributed by atoms with E-state index in [1.807, 2.05) is 49.2 Å². The number of nitrogens with one attached hydrogen (secondary N) is 3. The summed E-state index contributed by atoms with van der Waals surface area (Å²) in [6.07, 6.45) is 0.497. The van der Waals surface area contributed by atoms with Gasteiger partial charge in [-0.3, -0.25) is 5.41 Å². The lowest BCUT2D eigenvalue weighted by Gasteiger charge is -2.21. The molecule has 0 radical (unpaired) electrons. The summed E-state index contributed by atoms with van der Waals surface area (Å²) in [5, 5.41) is 14.4. The molecular weight excluding hydrogens is 447 g/mol. The van der Waals surface area contributed by atoms with Gasteiger partial charge in [0.15, 0.2) is 11.5 Å². The Bertz CT molecular complexity index is 1180. The second-order valence-electron chi connectivity index (χ2n) is 8.15. The Balaban J connectivity index is 1.91. The molecule has 3 aromatic rings. The van der Waals surface area contributed by atoms with Crippen molar-refractivity contribution in [2.24, 2.45) is 0 Å². The molecule has 0 aromatic heterocycles. The molecule has 184 valence electrons. The first-order chi connectivity index (χ1) is 16.8. The molecule has 3 aromatic carbocycles. The lowest BCUT2D eigenvalue weighted by atomic mass is 9.93. The van der Waals surface area contributed by atoms with Crippen LogP contribution in [-0.2, 0) is 6.42 Å². The Morgan fingerprint density at radius 1 is 1.00 bits per heavy atom. The molecule has 3 N–H and O–H groups in total. The van der Waals surface area contributed by atoms with Crippen LogP contribution in [-0.4, -0.2) is 46.1 Å². The Kier molecular flexibility index (Phi) is 8.30. The molecule has 35 heavy (non-hydrogen) atoms. The molecule has 0 spiro atoms. The first kappa shape index (κ1) is 25.6. The summed E-state index contributed by atoms with van der Waals surface area (Å²) in [5.41, 5.74) is 4.35. The van der Waals surface area contributed by atoms with Crippen molar-refractivity contribution < 1.29 is 18.7 Å². The molecule has 0 saturated carbocycles. The monoisotopic (exact) mass is 478 g/mol. The van der Waals surface area contributed by atoms with E-state index in [9.17, 15) is 9.18 Å². The number of rotatable bonds is 9. The van der Waals surface area contributed by atoms with E-state index in [-0.39, 0.29) is 17.9 Å². The standard InChI is InChI=1S/C27H31FN4O3/c1-17(31-27(33)30-2)14-19-15-24(34-4)25(35-5)16-23(19)26(29)18-6-10-21(11-7-18)32(3)22-12-8-20(28)9-13-22/h6-13,15-17,29H,14H2,1-5H3,(H2,30,31,33). The molecular formula is C27H31FN4O3. The minimum absolute atomic E-state index is 0.175. The number of carbonyl (C=O) groups excluding carboxylic acids is 1. The van der Waals surface area contributed by atoms with E-state index in [0.717, 1.165) is 22.5 Å². The number of benzene rings is 3. The minimum atomic E-state index is -0.281. The zero-order valence-electron chi connectivity index (χ0n) is 20.6. The van der Waals surface area contributed by atoms with Gasteiger partial charge in [-0.15, -0.1) is 0 Å². The SMILES string of the molecule is CNC(=O)NC(C)Cc1cc(OC)c(OC)cc1C(=N)c1ccc(N(C)c2ccc(F)cc2)cc1. The molecule has 7 nitrogen and oxygen atoms in total. The summed E-state index contributed by atoms with van der Waals surface area (Å²) in [6.45, 7) is 1.90. The smallest absolute Gasteiger partial charge is 0.314 e. The molecule has 0 aliphatic rings. The summed E-state index contributed by atoms with van der Waals surface area (Å²) >= 11 is 0. The third-order valence-corrected chi connectivity index (χ3v) is 5.77. The highest BCUT2D eigenvalue weighted by Gasteiger charge is 2.18. The highest BCUT2D eigenvalue weighted by atomic mass is 19.1. The molecule has 0 fully saturated rings. The van der Waals surface area contributed by atoms with Crippen molar-refractivity contribution in [1.29, 1.82) is 5.41 Å². The number of nitrogens with zero attached hydrogens (tertiary/aromatic N) is 1. The van der Waals surface area contributed by atoms with Gasteiger partial charge in [0.2, 0.25) is 0 Å². The van der Waals surface area contributed by atoms with Crippen molar-refractivity contribution in [3.05, 3.63) is 83.2 Å². The fourth-order valence-corrected chi connectivity index (χ4v) is 3.82. The number of amides is 2. The van der Waals surface area contributed by atoms with E-state index in [2.05, 4.69) is 10.6 Å². The first-order valence-corrected chi connectivity index (χ1v) is 11.2. The molecule has 1 atom stereocenters. The fraction of sp³-hybridized carbons (Fsp3) is 0.259. The summed E-state index contributed by atoms with van der Waals surface area (Å²) in [7, 11) is 6.59. The van der Waals surface area contributed by atoms with Crippen molar-refractivity contribution >= 4 is 23.1 Å². The van der Waals surface area contributed by atoms with Gasteiger partial charge in [-0.05, 0) is 67.4 Å². The molecule has 0 aliphatic carbocycles. The number of methoxy groups -OCH3 is 2. The van der Waals surface area contributed by atoms with Gasteiger partial charge >= 0.3 is 6.03 Å². The van der Waals surface area contributed by atoms with Gasteiger partial charge in [0.25, 0.3) is 0 Å². The van der Waals surface area contributed by atoms with Crippen LogP contribution < -0.4 is 25.0 Å². The number of hydrogen-bond donors (Lipinski definition) is 3. The van der Waals surface area contributed by atoms with E-state index in [4.69, 9.17) is 14.9 Å². The van der Waals surface area contributed by atoms with Gasteiger partial charge in [0, 0.05) is 42.6 Å². The maximum Gasteiger partial charge on any atom is 0.314 e. The van der Waals surface area contributed by atoms with Crippen LogP contribution in [0.4, 0.5) is 20.6 Å². The molecule has 0 bridgehead atoms. The van der Waals surface area contributed by atoms with Crippen LogP contribution in [0.1, 0.15) is 23.6 Å². The van der Waals surface area contributed by atoms with Crippen molar-refractivity contribution in [2.75, 3.05) is 33.2 Å². The van der Waals surface area contributed by atoms with Crippen LogP contribution in [0.2, 0.25) is 0 Å². The normalized spacial score (nSPS) is 11.4. The van der Waals surface area contributed by atoms with Crippen molar-refractivity contribution in [1.82, 2.24) is 10.6 Å². The van der Waals surface area contributed by atoms with Crippen molar-refractivity contribution in [3.63, 3.8) is 0 Å². The number of carbonyl (C=O) groups is 1. The lowest BCUT2D eigenvalue weighted by molar-refractivity contribution is 0.240. The zero-order valence-corrected chi connectivity index (χ0v) is 20.6. The van der Waals surface area contributed by atoms with Crippen LogP contribution in [0, 0.1) is 11.2 Å². The predicted molar refractivity (Wildman–Crippen MR) is 137 cm³/mol. The van der Waals surface area contributed by atoms with Gasteiger partial charge in [0.1, 0.15) is 5.82 Å². The number of urea groups is 1. The van der Waals surface area contributed by atoms with Crippen molar-refractivity contribution in [2.45, 2.75) is 19.4 Å². The van der Waals surface area contributed by atoms with Crippen molar-refractivity contribution in [3.8, 4) is 11.5 Å². The minimum Gasteiger partial charge on any atom is -0.493 e. The van der Waals surface area contributed by atoms with E-state index in [0.29, 0.717) is 29.2 Å². The molecule has 3 rings (SSSR count). The average Bonchev–Trinajstić information content (AvgIpc) is 2.87. The number of halogens is 1. The summed E-state index contributed by atoms with van der Waals surface area (Å²) in [4.78, 5) is 13.7. The van der Waals surface area contributed by atoms with Crippen LogP contribution in [0.25, 0.3) is 0 Å². The molecule has 8 heteroatoms. The number of anilines is 2. The molecule has 0 aliphatic heterocycles. The average molecular weight is 479 g/mol. The second-order valence-corrected chi connectivity index (χ2v) is 8.15. The number of ether oxygens (including phenoxy) is 2. The van der Waals surface area contributed by atoms with Gasteiger partial charge < -0.3 is 25.0 Å². The quantitative estimate of drug-likeness (QED) is 0.382. The molecule has 2 amide bonds. The van der Waals surface area contributed by atoms with Gasteiger partial charge in [0.05, 0.1) is 19.9 Å². The topological polar surface area (TPSA) is 86.7 Å². The van der Waals surface area contributed by atoms with Gasteiger partial charge in [-0.1, -0.05) is 12.1 Å².